The van der Waals surface area contributed by atoms with Gasteiger partial charge < -0.3 is 10.3 Å². The van der Waals surface area contributed by atoms with Crippen LogP contribution in [0.1, 0.15) is 5.56 Å². The van der Waals surface area contributed by atoms with Crippen LogP contribution in [0.15, 0.2) is 60.7 Å². The van der Waals surface area contributed by atoms with E-state index < -0.39 is 4.65 Å². The lowest BCUT2D eigenvalue weighted by Crippen LogP contribution is -2.40. The third kappa shape index (κ3) is 1.53. The highest BCUT2D eigenvalue weighted by Crippen LogP contribution is 2.40. The molecule has 1 N–H and O–H groups in total. The fourth-order valence-electron chi connectivity index (χ4n) is 2.34. The maximum absolute atomic E-state index is 13.1. The zero-order valence-electron chi connectivity index (χ0n) is 9.78. The van der Waals surface area contributed by atoms with Crippen molar-refractivity contribution in [2.24, 2.45) is 0 Å². The summed E-state index contributed by atoms with van der Waals surface area (Å²) in [4.78, 5) is 0. The summed E-state index contributed by atoms with van der Waals surface area (Å²) in [7, 11) is 0. The van der Waals surface area contributed by atoms with Gasteiger partial charge in [-0.2, -0.15) is 0 Å². The van der Waals surface area contributed by atoms with E-state index in [1.54, 1.807) is 18.2 Å². The largest absolute Gasteiger partial charge is 0.622 e. The number of aliphatic hydroxyl groups excluding tert-OH is 1. The zero-order valence-corrected chi connectivity index (χ0v) is 9.78. The van der Waals surface area contributed by atoms with Gasteiger partial charge in [0.2, 0.25) is 0 Å². The highest BCUT2D eigenvalue weighted by Gasteiger charge is 2.30. The van der Waals surface area contributed by atoms with E-state index in [0.717, 1.165) is 0 Å². The number of benzene rings is 2. The molecular formula is C15H13NO2. The molecule has 1 aliphatic rings. The van der Waals surface area contributed by atoms with E-state index in [1.165, 1.54) is 0 Å². The molecule has 0 saturated carbocycles. The number of hydroxylamine groups is 1. The predicted molar refractivity (Wildman–Crippen MR) is 73.2 cm³/mol. The number of rotatable bonds is 1. The molecule has 0 spiro atoms. The van der Waals surface area contributed by atoms with Crippen LogP contribution in [0.25, 0.3) is 5.76 Å². The summed E-state index contributed by atoms with van der Waals surface area (Å²) in [6.45, 7) is 0.215. The van der Waals surface area contributed by atoms with Crippen molar-refractivity contribution in [3.63, 3.8) is 0 Å². The van der Waals surface area contributed by atoms with Crippen LogP contribution in [-0.4, -0.2) is 11.7 Å². The Kier molecular flexibility index (Phi) is 2.44. The molecule has 1 aliphatic heterocycles. The molecule has 1 atom stereocenters. The maximum Gasteiger partial charge on any atom is 0.149 e. The van der Waals surface area contributed by atoms with Gasteiger partial charge >= 0.3 is 0 Å². The van der Waals surface area contributed by atoms with Crippen LogP contribution >= 0.6 is 0 Å². The lowest BCUT2D eigenvalue weighted by atomic mass is 10.0. The molecule has 0 aromatic heterocycles. The van der Waals surface area contributed by atoms with E-state index in [1.807, 2.05) is 42.5 Å². The topological polar surface area (TPSA) is 43.3 Å². The Bertz CT molecular complexity index is 607. The lowest BCUT2D eigenvalue weighted by Gasteiger charge is -2.43. The number of aliphatic hydroxyl groups is 1. The molecule has 1 unspecified atom stereocenters. The lowest BCUT2D eigenvalue weighted by molar-refractivity contribution is 0.481. The molecule has 3 rings (SSSR count). The van der Waals surface area contributed by atoms with Crippen molar-refractivity contribution in [2.45, 2.75) is 0 Å². The molecule has 0 fully saturated rings. The minimum Gasteiger partial charge on any atom is -0.622 e. The van der Waals surface area contributed by atoms with E-state index in [-0.39, 0.29) is 12.3 Å². The highest BCUT2D eigenvalue weighted by molar-refractivity contribution is 5.78. The Balaban J connectivity index is 2.21. The summed E-state index contributed by atoms with van der Waals surface area (Å²) in [5.74, 6) is 0.186. The van der Waals surface area contributed by atoms with Crippen molar-refractivity contribution in [2.75, 3.05) is 6.54 Å². The van der Waals surface area contributed by atoms with Gasteiger partial charge in [-0.05, 0) is 18.2 Å². The molecule has 18 heavy (non-hydrogen) atoms. The zero-order chi connectivity index (χ0) is 12.6. The van der Waals surface area contributed by atoms with Crippen LogP contribution in [0, 0.1) is 5.21 Å². The minimum absolute atomic E-state index is 0.186. The summed E-state index contributed by atoms with van der Waals surface area (Å²) in [6, 6.07) is 16.4. The van der Waals surface area contributed by atoms with Gasteiger partial charge in [-0.25, -0.2) is 0 Å². The number of para-hydroxylation sites is 2. The predicted octanol–water partition coefficient (Wildman–Crippen LogP) is 3.74. The Morgan fingerprint density at radius 3 is 2.39 bits per heavy atom. The van der Waals surface area contributed by atoms with Crippen molar-refractivity contribution >= 4 is 17.1 Å². The average molecular weight is 239 g/mol. The molecule has 0 bridgehead atoms. The van der Waals surface area contributed by atoms with Crippen LogP contribution in [0.5, 0.6) is 0 Å². The quantitative estimate of drug-likeness (QED) is 0.608. The second-order valence-corrected chi connectivity index (χ2v) is 4.36. The van der Waals surface area contributed by atoms with Crippen LogP contribution in [0.3, 0.4) is 0 Å². The van der Waals surface area contributed by atoms with E-state index in [0.29, 0.717) is 16.9 Å². The highest BCUT2D eigenvalue weighted by atomic mass is 16.5. The van der Waals surface area contributed by atoms with Crippen LogP contribution in [0.2, 0.25) is 0 Å². The summed E-state index contributed by atoms with van der Waals surface area (Å²) in [5, 5.41) is 22.9. The van der Waals surface area contributed by atoms with Crippen LogP contribution in [0.4, 0.5) is 11.4 Å². The summed E-state index contributed by atoms with van der Waals surface area (Å²) >= 11 is 0. The first-order chi connectivity index (χ1) is 8.72. The van der Waals surface area contributed by atoms with Gasteiger partial charge in [-0.15, -0.1) is 0 Å². The van der Waals surface area contributed by atoms with Crippen LogP contribution in [-0.2, 0) is 0 Å². The van der Waals surface area contributed by atoms with Crippen molar-refractivity contribution in [1.29, 1.82) is 0 Å². The van der Waals surface area contributed by atoms with E-state index >= 15 is 0 Å². The van der Waals surface area contributed by atoms with Crippen molar-refractivity contribution in [3.05, 3.63) is 71.4 Å². The van der Waals surface area contributed by atoms with E-state index in [4.69, 9.17) is 0 Å². The standard InChI is InChI=1S/C15H13NO2/c17-15-10-11-16(18,12-6-2-1-3-7-12)14-9-5-4-8-13(14)15/h1-10,17H,11H2. The van der Waals surface area contributed by atoms with Crippen molar-refractivity contribution in [3.8, 4) is 0 Å². The monoisotopic (exact) mass is 239 g/mol. The number of hydrogen-bond acceptors (Lipinski definition) is 2. The summed E-state index contributed by atoms with van der Waals surface area (Å²) < 4.78 is -0.554. The maximum atomic E-state index is 13.1. The van der Waals surface area contributed by atoms with Gasteiger partial charge in [-0.3, -0.25) is 4.65 Å². The third-order valence-corrected chi connectivity index (χ3v) is 3.28. The second kappa shape index (κ2) is 3.98. The Labute approximate surface area is 105 Å². The molecule has 0 radical (unpaired) electrons. The summed E-state index contributed by atoms with van der Waals surface area (Å²) in [5.41, 5.74) is 1.88. The van der Waals surface area contributed by atoms with Gasteiger partial charge in [0.1, 0.15) is 23.7 Å². The normalized spacial score (nSPS) is 22.2. The van der Waals surface area contributed by atoms with Gasteiger partial charge in [0.05, 0.1) is 5.56 Å². The first-order valence-electron chi connectivity index (χ1n) is 5.85. The number of fused-ring (bicyclic) bond motifs is 1. The number of quaternary nitrogens is 1. The molecule has 3 nitrogen and oxygen atoms in total. The number of hydrogen-bond donors (Lipinski definition) is 1. The molecule has 90 valence electrons. The van der Waals surface area contributed by atoms with Crippen molar-refractivity contribution < 1.29 is 5.11 Å². The number of nitrogens with zero attached hydrogens (tertiary/aromatic N) is 1. The molecule has 2 aromatic rings. The van der Waals surface area contributed by atoms with Gasteiger partial charge in [0, 0.05) is 12.1 Å². The molecule has 0 aliphatic carbocycles. The van der Waals surface area contributed by atoms with Gasteiger partial charge in [0.25, 0.3) is 0 Å². The average Bonchev–Trinajstić information content (AvgIpc) is 2.44. The van der Waals surface area contributed by atoms with Crippen molar-refractivity contribution in [1.82, 2.24) is 4.65 Å². The Hall–Kier alpha value is -2.10. The molecule has 0 amide bonds. The third-order valence-electron chi connectivity index (χ3n) is 3.28. The Morgan fingerprint density at radius 1 is 0.944 bits per heavy atom. The molecule has 2 aromatic carbocycles. The van der Waals surface area contributed by atoms with Gasteiger partial charge in [-0.1, -0.05) is 30.3 Å². The minimum atomic E-state index is -0.554. The molecule has 0 saturated heterocycles. The van der Waals surface area contributed by atoms with E-state index in [9.17, 15) is 10.3 Å². The molecule has 1 heterocycles. The fraction of sp³-hybridized carbons (Fsp3) is 0.0667. The van der Waals surface area contributed by atoms with Crippen LogP contribution < -0.4 is 4.65 Å². The smallest absolute Gasteiger partial charge is 0.149 e. The first kappa shape index (κ1) is 11.0. The fourth-order valence-corrected chi connectivity index (χ4v) is 2.34. The first-order valence-corrected chi connectivity index (χ1v) is 5.85. The Morgan fingerprint density at radius 2 is 1.61 bits per heavy atom. The second-order valence-electron chi connectivity index (χ2n) is 4.36. The molecule has 3 heteroatoms. The van der Waals surface area contributed by atoms with Gasteiger partial charge in [0.15, 0.2) is 0 Å². The van der Waals surface area contributed by atoms with E-state index in [2.05, 4.69) is 0 Å². The summed E-state index contributed by atoms with van der Waals surface area (Å²) in [6.07, 6.45) is 1.59. The molecular weight excluding hydrogens is 226 g/mol. The SMILES string of the molecule is [O-][N+]1(c2ccccc2)CC=C(O)c2ccccc21.